The monoisotopic (exact) mass is 588 g/mol. The van der Waals surface area contributed by atoms with Crippen molar-refractivity contribution in [2.24, 2.45) is 4.99 Å². The summed E-state index contributed by atoms with van der Waals surface area (Å²) in [5, 5.41) is 0. The Morgan fingerprint density at radius 1 is 1.00 bits per heavy atom. The Morgan fingerprint density at radius 2 is 1.76 bits per heavy atom. The summed E-state index contributed by atoms with van der Waals surface area (Å²) in [6, 6.07) is 18.1. The summed E-state index contributed by atoms with van der Waals surface area (Å²) < 4.78 is 37.7. The molecule has 8 nitrogen and oxygen atoms in total. The first-order valence-electron chi connectivity index (χ1n) is 13.4. The zero-order valence-corrected chi connectivity index (χ0v) is 24.2. The van der Waals surface area contributed by atoms with Crippen LogP contribution >= 0.6 is 11.3 Å². The SMILES string of the molecule is CCOc1ccc([C@H]2C(C(=O)OC)=CN=c3s/c(=C\c4ccc(OCc5cccc(F)c5)cc4)c(=O)n32)cc1OCC. The molecule has 10 heteroatoms. The van der Waals surface area contributed by atoms with E-state index < -0.39 is 12.0 Å². The number of hydrogen-bond acceptors (Lipinski definition) is 8. The predicted octanol–water partition coefficient (Wildman–Crippen LogP) is 4.53. The van der Waals surface area contributed by atoms with Gasteiger partial charge in [0.05, 0.1) is 36.5 Å². The number of aromatic nitrogens is 1. The molecule has 0 radical (unpaired) electrons. The molecule has 1 aliphatic heterocycles. The molecule has 0 spiro atoms. The summed E-state index contributed by atoms with van der Waals surface area (Å²) in [7, 11) is 1.29. The number of nitrogens with zero attached hydrogens (tertiary/aromatic N) is 2. The summed E-state index contributed by atoms with van der Waals surface area (Å²) in [4.78, 5) is 31.4. The van der Waals surface area contributed by atoms with Crippen LogP contribution in [0.25, 0.3) is 6.08 Å². The highest BCUT2D eigenvalue weighted by Gasteiger charge is 2.31. The minimum atomic E-state index is -0.774. The van der Waals surface area contributed by atoms with E-state index in [1.54, 1.807) is 48.5 Å². The number of fused-ring (bicyclic) bond motifs is 1. The van der Waals surface area contributed by atoms with Gasteiger partial charge in [0, 0.05) is 6.20 Å². The fraction of sp³-hybridized carbons (Fsp3) is 0.219. The van der Waals surface area contributed by atoms with E-state index in [0.717, 1.165) is 11.1 Å². The van der Waals surface area contributed by atoms with E-state index in [0.29, 0.717) is 45.4 Å². The van der Waals surface area contributed by atoms with Gasteiger partial charge in [0.25, 0.3) is 5.56 Å². The Balaban J connectivity index is 1.49. The Bertz CT molecular complexity index is 1810. The first kappa shape index (κ1) is 28.8. The lowest BCUT2D eigenvalue weighted by atomic mass is 9.97. The van der Waals surface area contributed by atoms with Crippen LogP contribution in [0.2, 0.25) is 0 Å². The topological polar surface area (TPSA) is 88.4 Å². The number of carbonyl (C=O) groups is 1. The van der Waals surface area contributed by atoms with Crippen molar-refractivity contribution in [2.75, 3.05) is 20.3 Å². The lowest BCUT2D eigenvalue weighted by Crippen LogP contribution is -2.39. The fourth-order valence-corrected chi connectivity index (χ4v) is 5.56. The molecule has 0 aliphatic carbocycles. The minimum Gasteiger partial charge on any atom is -0.490 e. The number of thiazole rings is 1. The number of esters is 1. The Hall–Kier alpha value is -4.70. The molecule has 1 aliphatic rings. The quantitative estimate of drug-likeness (QED) is 0.253. The molecule has 0 amide bonds. The standard InChI is InChI=1S/C32H29FN2O6S/c1-4-39-26-14-11-22(17-27(26)40-5-2)29-25(31(37)38-3)18-34-32-35(29)30(36)28(42-32)16-20-9-12-24(13-10-20)41-19-21-7-6-8-23(33)15-21/h6-18,29H,4-5,19H2,1-3H3/b28-16-/t29-/m0/s1. The van der Waals surface area contributed by atoms with Gasteiger partial charge in [-0.15, -0.1) is 0 Å². The molecule has 0 saturated carbocycles. The Kier molecular flexibility index (Phi) is 8.83. The van der Waals surface area contributed by atoms with Crippen molar-refractivity contribution in [2.45, 2.75) is 26.5 Å². The number of hydrogen-bond donors (Lipinski definition) is 0. The molecule has 0 unspecified atom stereocenters. The van der Waals surface area contributed by atoms with E-state index in [2.05, 4.69) is 4.99 Å². The second-order valence-electron chi connectivity index (χ2n) is 9.24. The Labute approximate surface area is 245 Å². The van der Waals surface area contributed by atoms with Gasteiger partial charge in [-0.25, -0.2) is 14.2 Å². The molecular weight excluding hydrogens is 559 g/mol. The van der Waals surface area contributed by atoms with Crippen LogP contribution in [0.15, 0.2) is 88.3 Å². The number of halogens is 1. The Morgan fingerprint density at radius 3 is 2.48 bits per heavy atom. The number of rotatable bonds is 10. The van der Waals surface area contributed by atoms with Gasteiger partial charge in [0.1, 0.15) is 18.2 Å². The maximum Gasteiger partial charge on any atom is 0.337 e. The van der Waals surface area contributed by atoms with Gasteiger partial charge in [0.15, 0.2) is 16.3 Å². The third kappa shape index (κ3) is 6.13. The van der Waals surface area contributed by atoms with Crippen LogP contribution in [-0.4, -0.2) is 30.9 Å². The molecule has 0 saturated heterocycles. The van der Waals surface area contributed by atoms with Gasteiger partial charge in [-0.1, -0.05) is 41.7 Å². The molecule has 3 aromatic carbocycles. The van der Waals surface area contributed by atoms with Crippen LogP contribution in [0.3, 0.4) is 0 Å². The van der Waals surface area contributed by atoms with Crippen LogP contribution in [0.4, 0.5) is 4.39 Å². The summed E-state index contributed by atoms with van der Waals surface area (Å²) >= 11 is 1.22. The van der Waals surface area contributed by atoms with Gasteiger partial charge >= 0.3 is 5.97 Å². The van der Waals surface area contributed by atoms with E-state index in [1.165, 1.54) is 41.3 Å². The zero-order chi connectivity index (χ0) is 29.6. The lowest BCUT2D eigenvalue weighted by Gasteiger charge is -2.23. The lowest BCUT2D eigenvalue weighted by molar-refractivity contribution is -0.136. The fourth-order valence-electron chi connectivity index (χ4n) is 4.59. The molecule has 0 bridgehead atoms. The van der Waals surface area contributed by atoms with E-state index in [9.17, 15) is 14.0 Å². The summed E-state index contributed by atoms with van der Waals surface area (Å²) in [5.41, 5.74) is 2.09. The third-order valence-electron chi connectivity index (χ3n) is 6.48. The molecule has 0 fully saturated rings. The maximum absolute atomic E-state index is 13.8. The molecule has 1 aromatic heterocycles. The second kappa shape index (κ2) is 12.9. The normalized spacial score (nSPS) is 14.4. The van der Waals surface area contributed by atoms with Crippen LogP contribution in [0.5, 0.6) is 17.2 Å². The summed E-state index contributed by atoms with van der Waals surface area (Å²) in [6.07, 6.45) is 3.22. The first-order valence-corrected chi connectivity index (χ1v) is 14.2. The van der Waals surface area contributed by atoms with Gasteiger partial charge in [-0.2, -0.15) is 0 Å². The van der Waals surface area contributed by atoms with Crippen molar-refractivity contribution in [1.29, 1.82) is 0 Å². The van der Waals surface area contributed by atoms with Crippen LogP contribution in [0, 0.1) is 5.82 Å². The van der Waals surface area contributed by atoms with Gasteiger partial charge in [-0.3, -0.25) is 9.36 Å². The number of ether oxygens (including phenoxy) is 4. The minimum absolute atomic E-state index is 0.225. The van der Waals surface area contributed by atoms with E-state index in [4.69, 9.17) is 18.9 Å². The van der Waals surface area contributed by atoms with E-state index in [-0.39, 0.29) is 23.6 Å². The number of carbonyl (C=O) groups excluding carboxylic acids is 1. The smallest absolute Gasteiger partial charge is 0.337 e. The van der Waals surface area contributed by atoms with Crippen molar-refractivity contribution in [3.8, 4) is 17.2 Å². The average molecular weight is 589 g/mol. The highest BCUT2D eigenvalue weighted by atomic mass is 32.1. The van der Waals surface area contributed by atoms with Gasteiger partial charge in [0.2, 0.25) is 0 Å². The molecule has 4 aromatic rings. The van der Waals surface area contributed by atoms with Crippen LogP contribution in [-0.2, 0) is 16.1 Å². The third-order valence-corrected chi connectivity index (χ3v) is 7.48. The molecule has 2 heterocycles. The molecular formula is C32H29FN2O6S. The summed E-state index contributed by atoms with van der Waals surface area (Å²) in [5.74, 6) is 0.799. The summed E-state index contributed by atoms with van der Waals surface area (Å²) in [6.45, 7) is 4.86. The number of benzene rings is 3. The zero-order valence-electron chi connectivity index (χ0n) is 23.3. The second-order valence-corrected chi connectivity index (χ2v) is 10.2. The molecule has 216 valence electrons. The van der Waals surface area contributed by atoms with Crippen molar-refractivity contribution < 1.29 is 28.1 Å². The molecule has 0 N–H and O–H groups in total. The van der Waals surface area contributed by atoms with Gasteiger partial charge in [-0.05, 0) is 73.0 Å². The first-order chi connectivity index (χ1) is 20.4. The molecule has 1 atom stereocenters. The highest BCUT2D eigenvalue weighted by Crippen LogP contribution is 2.35. The van der Waals surface area contributed by atoms with Crippen molar-refractivity contribution in [3.63, 3.8) is 0 Å². The van der Waals surface area contributed by atoms with Crippen LogP contribution < -0.4 is 29.1 Å². The van der Waals surface area contributed by atoms with Crippen molar-refractivity contribution in [1.82, 2.24) is 4.57 Å². The largest absolute Gasteiger partial charge is 0.490 e. The average Bonchev–Trinajstić information content (AvgIpc) is 3.31. The van der Waals surface area contributed by atoms with Gasteiger partial charge < -0.3 is 18.9 Å². The van der Waals surface area contributed by atoms with E-state index >= 15 is 0 Å². The van der Waals surface area contributed by atoms with Crippen LogP contribution in [0.1, 0.15) is 36.6 Å². The highest BCUT2D eigenvalue weighted by molar-refractivity contribution is 7.07. The maximum atomic E-state index is 13.8. The van der Waals surface area contributed by atoms with Crippen molar-refractivity contribution in [3.05, 3.63) is 121 Å². The predicted molar refractivity (Wildman–Crippen MR) is 157 cm³/mol. The van der Waals surface area contributed by atoms with E-state index in [1.807, 2.05) is 26.0 Å². The van der Waals surface area contributed by atoms with Crippen molar-refractivity contribution >= 4 is 23.4 Å². The molecule has 42 heavy (non-hydrogen) atoms. The number of methoxy groups -OCH3 is 1. The molecule has 5 rings (SSSR count).